The number of fused-ring (bicyclic) bond motifs is 1. The van der Waals surface area contributed by atoms with E-state index in [-0.39, 0.29) is 0 Å². The van der Waals surface area contributed by atoms with E-state index >= 15 is 0 Å². The molecule has 0 amide bonds. The third kappa shape index (κ3) is 2.12. The van der Waals surface area contributed by atoms with Crippen LogP contribution in [-0.4, -0.2) is 6.04 Å². The first kappa shape index (κ1) is 11.2. The average molecular weight is 230 g/mol. The molecule has 1 saturated carbocycles. The molecule has 0 aromatic heterocycles. The molecule has 0 saturated heterocycles. The van der Waals surface area contributed by atoms with Crippen molar-refractivity contribution < 1.29 is 0 Å². The molecule has 17 heavy (non-hydrogen) atoms. The number of hydrazine groups is 1. The molecular formula is C15H22N2. The highest BCUT2D eigenvalue weighted by molar-refractivity contribution is 5.32. The Labute approximate surface area is 104 Å². The average Bonchev–Trinajstić information content (AvgIpc) is 2.98. The number of nitrogens with one attached hydrogen (secondary N) is 1. The van der Waals surface area contributed by atoms with Crippen LogP contribution in [0.5, 0.6) is 0 Å². The minimum atomic E-state index is 0.518. The van der Waals surface area contributed by atoms with Crippen LogP contribution in [0.3, 0.4) is 0 Å². The first-order valence-corrected chi connectivity index (χ1v) is 6.91. The molecule has 1 fully saturated rings. The first-order valence-electron chi connectivity index (χ1n) is 6.91. The lowest BCUT2D eigenvalue weighted by Crippen LogP contribution is -2.45. The van der Waals surface area contributed by atoms with Crippen LogP contribution >= 0.6 is 0 Å². The van der Waals surface area contributed by atoms with E-state index in [1.54, 1.807) is 0 Å². The molecule has 0 bridgehead atoms. The standard InChI is InChI=1S/C15H22N2/c16-17-15(11-5-1-2-6-11)14-9-12-7-3-4-8-13(12)10-14/h3-4,7-8,11,14-15,17H,1-2,5-6,9-10,16H2. The molecule has 2 nitrogen and oxygen atoms in total. The van der Waals surface area contributed by atoms with Gasteiger partial charge < -0.3 is 0 Å². The van der Waals surface area contributed by atoms with E-state index in [4.69, 9.17) is 5.84 Å². The van der Waals surface area contributed by atoms with Gasteiger partial charge in [0.1, 0.15) is 0 Å². The minimum absolute atomic E-state index is 0.518. The van der Waals surface area contributed by atoms with Crippen molar-refractivity contribution in [1.82, 2.24) is 5.43 Å². The fourth-order valence-corrected chi connectivity index (χ4v) is 3.82. The monoisotopic (exact) mass is 230 g/mol. The molecule has 3 rings (SSSR count). The molecule has 0 heterocycles. The summed E-state index contributed by atoms with van der Waals surface area (Å²) in [6, 6.07) is 9.38. The summed E-state index contributed by atoms with van der Waals surface area (Å²) in [4.78, 5) is 0. The molecular weight excluding hydrogens is 208 g/mol. The van der Waals surface area contributed by atoms with Gasteiger partial charge in [-0.25, -0.2) is 0 Å². The Morgan fingerprint density at radius 3 is 2.12 bits per heavy atom. The molecule has 92 valence electrons. The highest BCUT2D eigenvalue weighted by Crippen LogP contribution is 2.36. The topological polar surface area (TPSA) is 38.0 Å². The van der Waals surface area contributed by atoms with Crippen LogP contribution in [0.1, 0.15) is 36.8 Å². The van der Waals surface area contributed by atoms with E-state index in [0.29, 0.717) is 12.0 Å². The van der Waals surface area contributed by atoms with Crippen molar-refractivity contribution >= 4 is 0 Å². The van der Waals surface area contributed by atoms with Crippen LogP contribution in [0.2, 0.25) is 0 Å². The normalized spacial score (nSPS) is 22.9. The zero-order valence-corrected chi connectivity index (χ0v) is 10.4. The maximum absolute atomic E-state index is 5.82. The second-order valence-corrected chi connectivity index (χ2v) is 5.67. The largest absolute Gasteiger partial charge is 0.271 e. The Morgan fingerprint density at radius 2 is 1.59 bits per heavy atom. The van der Waals surface area contributed by atoms with Crippen LogP contribution < -0.4 is 11.3 Å². The fraction of sp³-hybridized carbons (Fsp3) is 0.600. The smallest absolute Gasteiger partial charge is 0.0273 e. The van der Waals surface area contributed by atoms with Crippen molar-refractivity contribution in [2.24, 2.45) is 17.7 Å². The predicted molar refractivity (Wildman–Crippen MR) is 70.4 cm³/mol. The second-order valence-electron chi connectivity index (χ2n) is 5.67. The molecule has 2 aliphatic carbocycles. The van der Waals surface area contributed by atoms with Gasteiger partial charge in [0.25, 0.3) is 0 Å². The molecule has 2 aliphatic rings. The zero-order valence-electron chi connectivity index (χ0n) is 10.4. The SMILES string of the molecule is NNC(C1CCCC1)C1Cc2ccccc2C1. The number of nitrogens with two attached hydrogens (primary N) is 1. The van der Waals surface area contributed by atoms with Crippen molar-refractivity contribution in [3.8, 4) is 0 Å². The summed E-state index contributed by atoms with van der Waals surface area (Å²) in [5.41, 5.74) is 6.20. The van der Waals surface area contributed by atoms with Crippen LogP contribution in [0, 0.1) is 11.8 Å². The number of hydrogen-bond acceptors (Lipinski definition) is 2. The van der Waals surface area contributed by atoms with Crippen LogP contribution in [0.4, 0.5) is 0 Å². The van der Waals surface area contributed by atoms with Gasteiger partial charge in [-0.3, -0.25) is 11.3 Å². The van der Waals surface area contributed by atoms with Crippen molar-refractivity contribution in [1.29, 1.82) is 0 Å². The fourth-order valence-electron chi connectivity index (χ4n) is 3.82. The Kier molecular flexibility index (Phi) is 3.17. The van der Waals surface area contributed by atoms with Crippen LogP contribution in [0.15, 0.2) is 24.3 Å². The summed E-state index contributed by atoms with van der Waals surface area (Å²) in [7, 11) is 0. The lowest BCUT2D eigenvalue weighted by atomic mass is 9.85. The van der Waals surface area contributed by atoms with Crippen molar-refractivity contribution in [3.63, 3.8) is 0 Å². The molecule has 0 radical (unpaired) electrons. The summed E-state index contributed by atoms with van der Waals surface area (Å²) in [5, 5.41) is 0. The van der Waals surface area contributed by atoms with Gasteiger partial charge in [0.05, 0.1) is 0 Å². The maximum atomic E-state index is 5.82. The van der Waals surface area contributed by atoms with Crippen molar-refractivity contribution in [2.75, 3.05) is 0 Å². The predicted octanol–water partition coefficient (Wildman–Crippen LogP) is 2.42. The molecule has 1 aromatic carbocycles. The van der Waals surface area contributed by atoms with Gasteiger partial charge in [-0.15, -0.1) is 0 Å². The Hall–Kier alpha value is -0.860. The van der Waals surface area contributed by atoms with E-state index in [0.717, 1.165) is 5.92 Å². The second kappa shape index (κ2) is 4.79. The van der Waals surface area contributed by atoms with Crippen molar-refractivity contribution in [3.05, 3.63) is 35.4 Å². The zero-order chi connectivity index (χ0) is 11.7. The highest BCUT2D eigenvalue weighted by Gasteiger charge is 2.34. The van der Waals surface area contributed by atoms with Crippen LogP contribution in [-0.2, 0) is 12.8 Å². The van der Waals surface area contributed by atoms with E-state index in [9.17, 15) is 0 Å². The van der Waals surface area contributed by atoms with Crippen molar-refractivity contribution in [2.45, 2.75) is 44.6 Å². The van der Waals surface area contributed by atoms with E-state index in [1.807, 2.05) is 0 Å². The Morgan fingerprint density at radius 1 is 1.00 bits per heavy atom. The summed E-state index contributed by atoms with van der Waals surface area (Å²) in [6.45, 7) is 0. The molecule has 0 spiro atoms. The van der Waals surface area contributed by atoms with Gasteiger partial charge in [-0.2, -0.15) is 0 Å². The Bertz CT molecular complexity index is 357. The molecule has 1 unspecified atom stereocenters. The lowest BCUT2D eigenvalue weighted by Gasteiger charge is -2.28. The summed E-state index contributed by atoms with van der Waals surface area (Å²) >= 11 is 0. The molecule has 1 atom stereocenters. The molecule has 2 heteroatoms. The van der Waals surface area contributed by atoms with E-state index in [2.05, 4.69) is 29.7 Å². The number of rotatable bonds is 3. The molecule has 3 N–H and O–H groups in total. The summed E-state index contributed by atoms with van der Waals surface area (Å²) in [6.07, 6.45) is 7.93. The third-order valence-electron chi connectivity index (χ3n) is 4.69. The van der Waals surface area contributed by atoms with Gasteiger partial charge in [-0.1, -0.05) is 37.1 Å². The number of benzene rings is 1. The van der Waals surface area contributed by atoms with E-state index < -0.39 is 0 Å². The Balaban J connectivity index is 1.73. The highest BCUT2D eigenvalue weighted by atomic mass is 15.2. The van der Waals surface area contributed by atoms with Gasteiger partial charge >= 0.3 is 0 Å². The number of hydrogen-bond donors (Lipinski definition) is 2. The summed E-state index contributed by atoms with van der Waals surface area (Å²) < 4.78 is 0. The lowest BCUT2D eigenvalue weighted by molar-refractivity contribution is 0.266. The van der Waals surface area contributed by atoms with Gasteiger partial charge in [0.2, 0.25) is 0 Å². The molecule has 0 aliphatic heterocycles. The third-order valence-corrected chi connectivity index (χ3v) is 4.69. The quantitative estimate of drug-likeness (QED) is 0.618. The summed E-state index contributed by atoms with van der Waals surface area (Å²) in [5.74, 6) is 7.33. The maximum Gasteiger partial charge on any atom is 0.0273 e. The molecule has 1 aromatic rings. The van der Waals surface area contributed by atoms with Crippen LogP contribution in [0.25, 0.3) is 0 Å². The van der Waals surface area contributed by atoms with E-state index in [1.165, 1.54) is 49.7 Å². The first-order chi connectivity index (χ1) is 8.38. The minimum Gasteiger partial charge on any atom is -0.271 e. The van der Waals surface area contributed by atoms with Gasteiger partial charge in [0.15, 0.2) is 0 Å². The van der Waals surface area contributed by atoms with Gasteiger partial charge in [-0.05, 0) is 48.6 Å². The van der Waals surface area contributed by atoms with Gasteiger partial charge in [0, 0.05) is 6.04 Å².